The van der Waals surface area contributed by atoms with Crippen molar-refractivity contribution in [3.8, 4) is 0 Å². The van der Waals surface area contributed by atoms with Crippen LogP contribution < -0.4 is 5.32 Å². The number of fused-ring (bicyclic) bond motifs is 1. The summed E-state index contributed by atoms with van der Waals surface area (Å²) in [5.41, 5.74) is 1.44. The van der Waals surface area contributed by atoms with Crippen LogP contribution in [0.2, 0.25) is 5.02 Å². The third kappa shape index (κ3) is 4.33. The SMILES string of the molecule is CCCCCCCCCC(=O)C1C(=O)Nc2cc(Cl)ccc21. The van der Waals surface area contributed by atoms with E-state index in [0.29, 0.717) is 17.1 Å². The average molecular weight is 322 g/mol. The van der Waals surface area contributed by atoms with Crippen molar-refractivity contribution in [1.82, 2.24) is 0 Å². The van der Waals surface area contributed by atoms with Gasteiger partial charge in [0.05, 0.1) is 0 Å². The van der Waals surface area contributed by atoms with E-state index in [0.717, 1.165) is 18.4 Å². The fourth-order valence-corrected chi connectivity index (χ4v) is 3.13. The van der Waals surface area contributed by atoms with Gasteiger partial charge in [0.15, 0.2) is 0 Å². The summed E-state index contributed by atoms with van der Waals surface area (Å²) in [6.07, 6.45) is 8.66. The van der Waals surface area contributed by atoms with Gasteiger partial charge < -0.3 is 5.32 Å². The number of Topliss-reactive ketones (excluding diaryl/α,β-unsaturated/α-hetero) is 1. The number of halogens is 1. The molecule has 0 fully saturated rings. The quantitative estimate of drug-likeness (QED) is 0.509. The molecule has 1 unspecified atom stereocenters. The second-order valence-electron chi connectivity index (χ2n) is 5.99. The fourth-order valence-electron chi connectivity index (χ4n) is 2.95. The van der Waals surface area contributed by atoms with Crippen molar-refractivity contribution in [2.75, 3.05) is 5.32 Å². The Morgan fingerprint density at radius 2 is 1.82 bits per heavy atom. The first kappa shape index (κ1) is 17.0. The molecule has 1 aromatic carbocycles. The maximum atomic E-state index is 12.3. The van der Waals surface area contributed by atoms with E-state index in [-0.39, 0.29) is 11.7 Å². The van der Waals surface area contributed by atoms with E-state index in [1.807, 2.05) is 0 Å². The molecule has 120 valence electrons. The highest BCUT2D eigenvalue weighted by molar-refractivity contribution is 6.31. The number of hydrogen-bond acceptors (Lipinski definition) is 2. The molecular weight excluding hydrogens is 298 g/mol. The van der Waals surface area contributed by atoms with Crippen molar-refractivity contribution in [1.29, 1.82) is 0 Å². The van der Waals surface area contributed by atoms with Crippen LogP contribution in [0.3, 0.4) is 0 Å². The van der Waals surface area contributed by atoms with Gasteiger partial charge in [0.1, 0.15) is 11.7 Å². The van der Waals surface area contributed by atoms with Crippen LogP contribution in [-0.4, -0.2) is 11.7 Å². The predicted molar refractivity (Wildman–Crippen MR) is 90.4 cm³/mol. The molecule has 0 spiro atoms. The zero-order valence-electron chi connectivity index (χ0n) is 13.2. The summed E-state index contributed by atoms with van der Waals surface area (Å²) in [5.74, 6) is -0.843. The van der Waals surface area contributed by atoms with Gasteiger partial charge in [0, 0.05) is 17.1 Å². The van der Waals surface area contributed by atoms with Crippen LogP contribution in [0.25, 0.3) is 0 Å². The summed E-state index contributed by atoms with van der Waals surface area (Å²) in [5, 5.41) is 3.32. The van der Waals surface area contributed by atoms with Gasteiger partial charge in [-0.2, -0.15) is 0 Å². The smallest absolute Gasteiger partial charge is 0.239 e. The van der Waals surface area contributed by atoms with Gasteiger partial charge in [-0.25, -0.2) is 0 Å². The molecule has 0 saturated carbocycles. The monoisotopic (exact) mass is 321 g/mol. The maximum absolute atomic E-state index is 12.3. The number of hydrogen-bond donors (Lipinski definition) is 1. The minimum absolute atomic E-state index is 0.0205. The number of carbonyl (C=O) groups is 2. The Morgan fingerprint density at radius 3 is 2.55 bits per heavy atom. The molecule has 0 aliphatic carbocycles. The van der Waals surface area contributed by atoms with Gasteiger partial charge in [-0.1, -0.05) is 63.1 Å². The van der Waals surface area contributed by atoms with Crippen LogP contribution in [0, 0.1) is 0 Å². The van der Waals surface area contributed by atoms with Gasteiger partial charge in [-0.15, -0.1) is 0 Å². The summed E-state index contributed by atoms with van der Waals surface area (Å²) >= 11 is 5.92. The first-order valence-electron chi connectivity index (χ1n) is 8.26. The van der Waals surface area contributed by atoms with Crippen molar-refractivity contribution in [2.45, 2.75) is 64.2 Å². The molecule has 1 aromatic rings. The lowest BCUT2D eigenvalue weighted by Gasteiger charge is -2.08. The Bertz CT molecular complexity index is 542. The lowest BCUT2D eigenvalue weighted by atomic mass is 9.93. The van der Waals surface area contributed by atoms with E-state index in [9.17, 15) is 9.59 Å². The van der Waals surface area contributed by atoms with E-state index in [1.54, 1.807) is 18.2 Å². The van der Waals surface area contributed by atoms with E-state index in [1.165, 1.54) is 32.1 Å². The van der Waals surface area contributed by atoms with Crippen molar-refractivity contribution in [3.05, 3.63) is 28.8 Å². The summed E-state index contributed by atoms with van der Waals surface area (Å²) in [7, 11) is 0. The molecule has 1 aliphatic heterocycles. The van der Waals surface area contributed by atoms with Crippen LogP contribution >= 0.6 is 11.6 Å². The maximum Gasteiger partial charge on any atom is 0.239 e. The summed E-state index contributed by atoms with van der Waals surface area (Å²) in [6, 6.07) is 5.22. The fraction of sp³-hybridized carbons (Fsp3) is 0.556. The first-order valence-corrected chi connectivity index (χ1v) is 8.64. The number of nitrogens with one attached hydrogen (secondary N) is 1. The molecule has 1 heterocycles. The van der Waals surface area contributed by atoms with Crippen LogP contribution in [0.4, 0.5) is 5.69 Å². The second kappa shape index (κ2) is 8.33. The lowest BCUT2D eigenvalue weighted by Crippen LogP contribution is -2.20. The molecular formula is C18H24ClNO2. The highest BCUT2D eigenvalue weighted by Crippen LogP contribution is 2.35. The highest BCUT2D eigenvalue weighted by Gasteiger charge is 2.35. The Kier molecular flexibility index (Phi) is 6.44. The van der Waals surface area contributed by atoms with Gasteiger partial charge in [0.2, 0.25) is 5.91 Å². The third-order valence-corrected chi connectivity index (χ3v) is 4.43. The minimum atomic E-state index is -0.646. The molecule has 1 atom stereocenters. The molecule has 1 N–H and O–H groups in total. The molecule has 2 rings (SSSR count). The number of unbranched alkanes of at least 4 members (excludes halogenated alkanes) is 6. The van der Waals surface area contributed by atoms with Gasteiger partial charge >= 0.3 is 0 Å². The number of carbonyl (C=O) groups excluding carboxylic acids is 2. The third-order valence-electron chi connectivity index (χ3n) is 4.20. The van der Waals surface area contributed by atoms with E-state index in [4.69, 9.17) is 11.6 Å². The largest absolute Gasteiger partial charge is 0.325 e. The topological polar surface area (TPSA) is 46.2 Å². The van der Waals surface area contributed by atoms with Crippen molar-refractivity contribution >= 4 is 29.0 Å². The number of rotatable bonds is 9. The normalized spacial score (nSPS) is 16.5. The van der Waals surface area contributed by atoms with Crippen LogP contribution in [-0.2, 0) is 9.59 Å². The van der Waals surface area contributed by atoms with Crippen molar-refractivity contribution in [2.24, 2.45) is 0 Å². The summed E-state index contributed by atoms with van der Waals surface area (Å²) in [6.45, 7) is 2.20. The standard InChI is InChI=1S/C18H24ClNO2/c1-2-3-4-5-6-7-8-9-16(21)17-14-11-10-13(19)12-15(14)20-18(17)22/h10-12,17H,2-9H2,1H3,(H,20,22). The molecule has 1 amide bonds. The minimum Gasteiger partial charge on any atom is -0.325 e. The number of anilines is 1. The van der Waals surface area contributed by atoms with E-state index >= 15 is 0 Å². The Hall–Kier alpha value is -1.35. The number of benzene rings is 1. The Balaban J connectivity index is 1.80. The van der Waals surface area contributed by atoms with Gasteiger partial charge in [0.25, 0.3) is 0 Å². The van der Waals surface area contributed by atoms with E-state index in [2.05, 4.69) is 12.2 Å². The molecule has 0 saturated heterocycles. The summed E-state index contributed by atoms with van der Waals surface area (Å²) < 4.78 is 0. The Labute approximate surface area is 137 Å². The van der Waals surface area contributed by atoms with E-state index < -0.39 is 5.92 Å². The number of amides is 1. The van der Waals surface area contributed by atoms with Gasteiger partial charge in [-0.05, 0) is 24.1 Å². The van der Waals surface area contributed by atoms with Crippen LogP contribution in [0.5, 0.6) is 0 Å². The second-order valence-corrected chi connectivity index (χ2v) is 6.43. The molecule has 0 bridgehead atoms. The molecule has 4 heteroatoms. The number of ketones is 1. The molecule has 1 aliphatic rings. The molecule has 0 radical (unpaired) electrons. The molecule has 0 aromatic heterocycles. The summed E-state index contributed by atoms with van der Waals surface area (Å²) in [4.78, 5) is 24.4. The van der Waals surface area contributed by atoms with Crippen molar-refractivity contribution < 1.29 is 9.59 Å². The highest BCUT2D eigenvalue weighted by atomic mass is 35.5. The Morgan fingerprint density at radius 1 is 1.14 bits per heavy atom. The van der Waals surface area contributed by atoms with Crippen molar-refractivity contribution in [3.63, 3.8) is 0 Å². The van der Waals surface area contributed by atoms with Gasteiger partial charge in [-0.3, -0.25) is 9.59 Å². The lowest BCUT2D eigenvalue weighted by molar-refractivity contribution is -0.127. The zero-order chi connectivity index (χ0) is 15.9. The zero-order valence-corrected chi connectivity index (χ0v) is 13.9. The average Bonchev–Trinajstić information content (AvgIpc) is 2.81. The predicted octanol–water partition coefficient (Wildman–Crippen LogP) is 5.09. The molecule has 22 heavy (non-hydrogen) atoms. The molecule has 3 nitrogen and oxygen atoms in total. The van der Waals surface area contributed by atoms with Crippen LogP contribution in [0.1, 0.15) is 69.8 Å². The first-order chi connectivity index (χ1) is 10.6. The van der Waals surface area contributed by atoms with Crippen LogP contribution in [0.15, 0.2) is 18.2 Å².